The first-order valence-corrected chi connectivity index (χ1v) is 9.25. The molecule has 0 aromatic rings. The maximum Gasteiger partial charge on any atom is 0.337 e. The number of aliphatic hydroxyl groups excluding tert-OH is 4. The first-order chi connectivity index (χ1) is 14.1. The third-order valence-electron chi connectivity index (χ3n) is 5.36. The molecule has 0 aromatic heterocycles. The quantitative estimate of drug-likeness (QED) is 0.276. The van der Waals surface area contributed by atoms with E-state index >= 15 is 0 Å². The Hall–Kier alpha value is -2.02. The van der Waals surface area contributed by atoms with Crippen LogP contribution in [0.1, 0.15) is 13.3 Å². The van der Waals surface area contributed by atoms with Crippen molar-refractivity contribution in [3.63, 3.8) is 0 Å². The lowest BCUT2D eigenvalue weighted by molar-refractivity contribution is -0.363. The Balaban J connectivity index is 2.30. The lowest BCUT2D eigenvalue weighted by Crippen LogP contribution is -2.65. The van der Waals surface area contributed by atoms with E-state index < -0.39 is 66.9 Å². The number of methoxy groups -OCH3 is 2. The molecular weight excluding hydrogens is 404 g/mol. The number of esters is 2. The fraction of sp³-hybridized carbons (Fsp3) is 0.684. The van der Waals surface area contributed by atoms with E-state index in [2.05, 4.69) is 11.3 Å². The molecule has 8 atom stereocenters. The molecule has 0 aliphatic carbocycles. The van der Waals surface area contributed by atoms with Gasteiger partial charge in [-0.1, -0.05) is 6.08 Å². The van der Waals surface area contributed by atoms with Gasteiger partial charge in [-0.3, -0.25) is 4.79 Å². The fourth-order valence-corrected chi connectivity index (χ4v) is 3.42. The van der Waals surface area contributed by atoms with Crippen LogP contribution in [0.2, 0.25) is 0 Å². The van der Waals surface area contributed by atoms with Gasteiger partial charge >= 0.3 is 11.9 Å². The van der Waals surface area contributed by atoms with E-state index in [1.807, 2.05) is 0 Å². The zero-order chi connectivity index (χ0) is 22.6. The molecule has 8 unspecified atom stereocenters. The summed E-state index contributed by atoms with van der Waals surface area (Å²) in [6.45, 7) is 4.37. The number of carbonyl (C=O) groups excluding carboxylic acids is 2. The summed E-state index contributed by atoms with van der Waals surface area (Å²) >= 11 is 0. The van der Waals surface area contributed by atoms with Gasteiger partial charge in [-0.15, -0.1) is 6.58 Å². The molecule has 0 saturated carbocycles. The van der Waals surface area contributed by atoms with Crippen LogP contribution in [0.4, 0.5) is 0 Å². The minimum absolute atomic E-state index is 0.0633. The molecule has 1 fully saturated rings. The molecule has 0 bridgehead atoms. The number of aliphatic hydroxyl groups is 4. The van der Waals surface area contributed by atoms with E-state index in [1.165, 1.54) is 27.2 Å². The standard InChI is InChI=1S/C19H28O11/c1-5-9-10(6-12(21)26-3)11(16(25)27-4)7-28-17(9)29-18-14(23)13(22)15(24)19(2,8-20)30-18/h5,7,9-10,13-15,17-18,20,22-24H,1,6,8H2,2-4H3. The Labute approximate surface area is 173 Å². The monoisotopic (exact) mass is 432 g/mol. The van der Waals surface area contributed by atoms with Gasteiger partial charge in [0.05, 0.1) is 39.1 Å². The zero-order valence-corrected chi connectivity index (χ0v) is 17.0. The summed E-state index contributed by atoms with van der Waals surface area (Å²) in [6, 6.07) is 0. The molecule has 0 radical (unpaired) electrons. The van der Waals surface area contributed by atoms with E-state index in [9.17, 15) is 30.0 Å². The first-order valence-electron chi connectivity index (χ1n) is 9.25. The molecule has 2 aliphatic heterocycles. The summed E-state index contributed by atoms with van der Waals surface area (Å²) in [5, 5.41) is 40.0. The molecule has 4 N–H and O–H groups in total. The summed E-state index contributed by atoms with van der Waals surface area (Å²) in [7, 11) is 2.38. The van der Waals surface area contributed by atoms with Gasteiger partial charge in [0, 0.05) is 11.8 Å². The van der Waals surface area contributed by atoms with Crippen molar-refractivity contribution < 1.29 is 53.7 Å². The van der Waals surface area contributed by atoms with Gasteiger partial charge < -0.3 is 44.1 Å². The number of ether oxygens (including phenoxy) is 5. The summed E-state index contributed by atoms with van der Waals surface area (Å²) in [5.74, 6) is -2.86. The number of carbonyl (C=O) groups is 2. The van der Waals surface area contributed by atoms with Crippen molar-refractivity contribution in [1.82, 2.24) is 0 Å². The maximum absolute atomic E-state index is 12.1. The van der Waals surface area contributed by atoms with Crippen LogP contribution in [0.5, 0.6) is 0 Å². The van der Waals surface area contributed by atoms with Crippen molar-refractivity contribution >= 4 is 11.9 Å². The normalized spacial score (nSPS) is 38.8. The van der Waals surface area contributed by atoms with Gasteiger partial charge in [-0.25, -0.2) is 4.79 Å². The molecule has 0 amide bonds. The third-order valence-corrected chi connectivity index (χ3v) is 5.36. The minimum Gasteiger partial charge on any atom is -0.471 e. The van der Waals surface area contributed by atoms with Gasteiger partial charge in [0.15, 0.2) is 6.29 Å². The highest BCUT2D eigenvalue weighted by atomic mass is 16.8. The SMILES string of the molecule is C=CC1C(OC2OC(C)(CO)C(O)C(O)C2O)OC=C(C(=O)OC)C1CC(=O)OC. The highest BCUT2D eigenvalue weighted by Crippen LogP contribution is 2.38. The molecule has 2 aliphatic rings. The highest BCUT2D eigenvalue weighted by molar-refractivity contribution is 5.90. The maximum atomic E-state index is 12.1. The Morgan fingerprint density at radius 3 is 2.40 bits per heavy atom. The van der Waals surface area contributed by atoms with E-state index in [0.717, 1.165) is 6.26 Å². The molecule has 1 saturated heterocycles. The average Bonchev–Trinajstić information content (AvgIpc) is 2.75. The van der Waals surface area contributed by atoms with Gasteiger partial charge in [0.2, 0.25) is 6.29 Å². The van der Waals surface area contributed by atoms with Crippen LogP contribution >= 0.6 is 0 Å². The summed E-state index contributed by atoms with van der Waals surface area (Å²) in [4.78, 5) is 24.0. The lowest BCUT2D eigenvalue weighted by Gasteiger charge is -2.47. The Bertz CT molecular complexity index is 677. The van der Waals surface area contributed by atoms with E-state index in [0.29, 0.717) is 0 Å². The van der Waals surface area contributed by atoms with E-state index in [1.54, 1.807) is 0 Å². The summed E-state index contributed by atoms with van der Waals surface area (Å²) < 4.78 is 26.1. The van der Waals surface area contributed by atoms with Gasteiger partial charge in [-0.05, 0) is 6.92 Å². The topological polar surface area (TPSA) is 161 Å². The van der Waals surface area contributed by atoms with Crippen molar-refractivity contribution in [2.24, 2.45) is 11.8 Å². The average molecular weight is 432 g/mol. The molecular formula is C19H28O11. The molecule has 170 valence electrons. The number of hydrogen-bond acceptors (Lipinski definition) is 11. The molecule has 2 heterocycles. The van der Waals surface area contributed by atoms with Crippen molar-refractivity contribution in [1.29, 1.82) is 0 Å². The van der Waals surface area contributed by atoms with Crippen molar-refractivity contribution in [3.05, 3.63) is 24.5 Å². The van der Waals surface area contributed by atoms with Crippen LogP contribution in [0, 0.1) is 11.8 Å². The number of hydrogen-bond donors (Lipinski definition) is 4. The predicted molar refractivity (Wildman–Crippen MR) is 98.3 cm³/mol. The molecule has 30 heavy (non-hydrogen) atoms. The third kappa shape index (κ3) is 4.66. The molecule has 2 rings (SSSR count). The van der Waals surface area contributed by atoms with Gasteiger partial charge in [0.25, 0.3) is 0 Å². The lowest BCUT2D eigenvalue weighted by atomic mass is 9.81. The second-order valence-electron chi connectivity index (χ2n) is 7.29. The summed E-state index contributed by atoms with van der Waals surface area (Å²) in [6.07, 6.45) is -5.32. The van der Waals surface area contributed by atoms with Crippen LogP contribution in [0.3, 0.4) is 0 Å². The predicted octanol–water partition coefficient (Wildman–Crippen LogP) is -1.41. The van der Waals surface area contributed by atoms with Crippen LogP contribution < -0.4 is 0 Å². The van der Waals surface area contributed by atoms with Crippen LogP contribution in [0.15, 0.2) is 24.5 Å². The largest absolute Gasteiger partial charge is 0.471 e. The molecule has 11 heteroatoms. The Morgan fingerprint density at radius 1 is 1.20 bits per heavy atom. The van der Waals surface area contributed by atoms with E-state index in [4.69, 9.17) is 18.9 Å². The van der Waals surface area contributed by atoms with Crippen LogP contribution in [-0.4, -0.2) is 89.7 Å². The summed E-state index contributed by atoms with van der Waals surface area (Å²) in [5.41, 5.74) is -1.55. The second kappa shape index (κ2) is 9.86. The van der Waals surface area contributed by atoms with Gasteiger partial charge in [-0.2, -0.15) is 0 Å². The van der Waals surface area contributed by atoms with Crippen molar-refractivity contribution in [3.8, 4) is 0 Å². The molecule has 11 nitrogen and oxygen atoms in total. The second-order valence-corrected chi connectivity index (χ2v) is 7.29. The number of rotatable bonds is 7. The Kier molecular flexibility index (Phi) is 7.97. The Morgan fingerprint density at radius 2 is 1.87 bits per heavy atom. The zero-order valence-electron chi connectivity index (χ0n) is 17.0. The van der Waals surface area contributed by atoms with Crippen molar-refractivity contribution in [2.45, 2.75) is 49.8 Å². The smallest absolute Gasteiger partial charge is 0.337 e. The molecule has 0 aromatic carbocycles. The molecule has 0 spiro atoms. The fourth-order valence-electron chi connectivity index (χ4n) is 3.42. The van der Waals surface area contributed by atoms with Gasteiger partial charge in [0.1, 0.15) is 23.9 Å². The highest BCUT2D eigenvalue weighted by Gasteiger charge is 2.53. The van der Waals surface area contributed by atoms with Crippen LogP contribution in [0.25, 0.3) is 0 Å². The van der Waals surface area contributed by atoms with Crippen molar-refractivity contribution in [2.75, 3.05) is 20.8 Å². The minimum atomic E-state index is -1.67. The van der Waals surface area contributed by atoms with Crippen LogP contribution in [-0.2, 0) is 33.3 Å². The first kappa shape index (κ1) is 24.3. The van der Waals surface area contributed by atoms with E-state index in [-0.39, 0.29) is 12.0 Å².